The Morgan fingerprint density at radius 3 is 1.51 bits per heavy atom. The van der Waals surface area contributed by atoms with Gasteiger partial charge in [-0.2, -0.15) is 8.75 Å². The Morgan fingerprint density at radius 1 is 0.383 bits per heavy atom. The van der Waals surface area contributed by atoms with Crippen molar-refractivity contribution < 1.29 is 0 Å². The molecule has 0 unspecified atom stereocenters. The van der Waals surface area contributed by atoms with Crippen LogP contribution in [0.5, 0.6) is 0 Å². The van der Waals surface area contributed by atoms with Crippen LogP contribution in [-0.2, 0) is 5.41 Å². The molecule has 0 aliphatic carbocycles. The topological polar surface area (TPSA) is 25.8 Å². The maximum absolute atomic E-state index is 4.71. The minimum atomic E-state index is 0.133. The molecule has 224 valence electrons. The van der Waals surface area contributed by atoms with Crippen molar-refractivity contribution >= 4 is 65.9 Å². The second-order valence-electron chi connectivity index (χ2n) is 13.6. The molecule has 0 N–H and O–H groups in total. The molecular formula is C44H32N2S. The fraction of sp³-hybridized carbons (Fsp3) is 0.0909. The number of nitrogens with zero attached hydrogens (tertiary/aromatic N) is 2. The molecule has 0 aliphatic rings. The van der Waals surface area contributed by atoms with Crippen molar-refractivity contribution in [3.05, 3.63) is 145 Å². The van der Waals surface area contributed by atoms with E-state index in [0.29, 0.717) is 0 Å². The molecule has 0 spiro atoms. The van der Waals surface area contributed by atoms with Crippen LogP contribution in [0.3, 0.4) is 0 Å². The second kappa shape index (κ2) is 10.6. The molecule has 3 heteroatoms. The van der Waals surface area contributed by atoms with Crippen LogP contribution in [0.1, 0.15) is 26.3 Å². The standard InChI is InChI=1S/C44H32N2S/c1-44(2,3)35-18-21-37-34(25-35)15-14-33-24-31(16-19-36(33)37)29-10-6-8-27(22-29)28-9-7-11-30(23-28)32-17-20-39-38-12-4-5-13-40(38)42-43(41(39)26-32)46-47-45-42/h4-26H,1-3H3. The van der Waals surface area contributed by atoms with Gasteiger partial charge in [0, 0.05) is 10.8 Å². The maximum Gasteiger partial charge on any atom is 0.113 e. The minimum absolute atomic E-state index is 0.133. The third-order valence-electron chi connectivity index (χ3n) is 9.66. The van der Waals surface area contributed by atoms with E-state index in [2.05, 4.69) is 165 Å². The van der Waals surface area contributed by atoms with E-state index >= 15 is 0 Å². The lowest BCUT2D eigenvalue weighted by Crippen LogP contribution is -2.10. The molecule has 0 aliphatic heterocycles. The molecule has 2 nitrogen and oxygen atoms in total. The van der Waals surface area contributed by atoms with Crippen LogP contribution in [0.2, 0.25) is 0 Å². The molecule has 9 aromatic rings. The van der Waals surface area contributed by atoms with Crippen LogP contribution < -0.4 is 0 Å². The first-order valence-electron chi connectivity index (χ1n) is 16.2. The fourth-order valence-electron chi connectivity index (χ4n) is 7.10. The van der Waals surface area contributed by atoms with E-state index < -0.39 is 0 Å². The highest BCUT2D eigenvalue weighted by Gasteiger charge is 2.15. The van der Waals surface area contributed by atoms with Gasteiger partial charge in [-0.1, -0.05) is 136 Å². The maximum atomic E-state index is 4.71. The predicted molar refractivity (Wildman–Crippen MR) is 202 cm³/mol. The summed E-state index contributed by atoms with van der Waals surface area (Å²) in [6.45, 7) is 6.82. The van der Waals surface area contributed by atoms with Gasteiger partial charge < -0.3 is 0 Å². The predicted octanol–water partition coefficient (Wildman–Crippen LogP) is 12.6. The van der Waals surface area contributed by atoms with E-state index in [1.165, 1.54) is 83.0 Å². The average molecular weight is 621 g/mol. The molecule has 0 bridgehead atoms. The Balaban J connectivity index is 1.09. The molecular weight excluding hydrogens is 589 g/mol. The van der Waals surface area contributed by atoms with Crippen molar-refractivity contribution in [3.8, 4) is 33.4 Å². The highest BCUT2D eigenvalue weighted by Crippen LogP contribution is 2.38. The Labute approximate surface area is 278 Å². The summed E-state index contributed by atoms with van der Waals surface area (Å²) >= 11 is 1.29. The molecule has 47 heavy (non-hydrogen) atoms. The summed E-state index contributed by atoms with van der Waals surface area (Å²) in [6.07, 6.45) is 0. The van der Waals surface area contributed by atoms with Gasteiger partial charge in [0.05, 0.1) is 11.7 Å². The lowest BCUT2D eigenvalue weighted by molar-refractivity contribution is 0.591. The monoisotopic (exact) mass is 620 g/mol. The molecule has 0 saturated heterocycles. The second-order valence-corrected chi connectivity index (χ2v) is 14.1. The Bertz CT molecular complexity index is 2670. The van der Waals surface area contributed by atoms with Gasteiger partial charge in [-0.15, -0.1) is 0 Å². The van der Waals surface area contributed by atoms with Crippen molar-refractivity contribution in [1.29, 1.82) is 0 Å². The molecule has 1 heterocycles. The zero-order chi connectivity index (χ0) is 31.7. The van der Waals surface area contributed by atoms with E-state index in [1.54, 1.807) is 0 Å². The highest BCUT2D eigenvalue weighted by molar-refractivity contribution is 7.00. The zero-order valence-corrected chi connectivity index (χ0v) is 27.4. The Morgan fingerprint density at radius 2 is 0.872 bits per heavy atom. The largest absolute Gasteiger partial charge is 0.172 e. The van der Waals surface area contributed by atoms with Crippen LogP contribution in [-0.4, -0.2) is 8.75 Å². The number of hydrogen-bond donors (Lipinski definition) is 0. The first kappa shape index (κ1) is 27.9. The molecule has 0 atom stereocenters. The van der Waals surface area contributed by atoms with Gasteiger partial charge in [0.2, 0.25) is 0 Å². The summed E-state index contributed by atoms with van der Waals surface area (Å²) in [4.78, 5) is 0. The van der Waals surface area contributed by atoms with Crippen LogP contribution in [0.15, 0.2) is 140 Å². The van der Waals surface area contributed by atoms with Crippen molar-refractivity contribution in [3.63, 3.8) is 0 Å². The average Bonchev–Trinajstić information content (AvgIpc) is 3.62. The molecule has 9 rings (SSSR count). The first-order valence-corrected chi connectivity index (χ1v) is 16.9. The summed E-state index contributed by atoms with van der Waals surface area (Å²) in [6, 6.07) is 51.4. The molecule has 0 amide bonds. The van der Waals surface area contributed by atoms with Crippen molar-refractivity contribution in [2.45, 2.75) is 26.2 Å². The Kier molecular flexibility index (Phi) is 6.28. The summed E-state index contributed by atoms with van der Waals surface area (Å²) in [7, 11) is 0. The summed E-state index contributed by atoms with van der Waals surface area (Å²) < 4.78 is 9.37. The van der Waals surface area contributed by atoms with Gasteiger partial charge in [0.15, 0.2) is 0 Å². The van der Waals surface area contributed by atoms with E-state index in [0.717, 1.165) is 21.8 Å². The van der Waals surface area contributed by atoms with Crippen molar-refractivity contribution in [2.75, 3.05) is 0 Å². The van der Waals surface area contributed by atoms with Crippen LogP contribution in [0.25, 0.3) is 87.5 Å². The SMILES string of the molecule is CC(C)(C)c1ccc2c(ccc3cc(-c4cccc(-c5cccc(-c6ccc7c8ccccc8c8nsnc8c7c6)c5)c4)ccc32)c1. The lowest BCUT2D eigenvalue weighted by Gasteiger charge is -2.20. The normalized spacial score (nSPS) is 12.1. The zero-order valence-electron chi connectivity index (χ0n) is 26.6. The van der Waals surface area contributed by atoms with Crippen LogP contribution >= 0.6 is 11.7 Å². The van der Waals surface area contributed by atoms with Gasteiger partial charge in [-0.25, -0.2) is 0 Å². The third kappa shape index (κ3) is 4.69. The summed E-state index contributed by atoms with van der Waals surface area (Å²) in [5, 5.41) is 9.91. The van der Waals surface area contributed by atoms with Gasteiger partial charge in [0.25, 0.3) is 0 Å². The molecule has 1 aromatic heterocycles. The van der Waals surface area contributed by atoms with E-state index in [4.69, 9.17) is 4.37 Å². The van der Waals surface area contributed by atoms with E-state index in [1.807, 2.05) is 0 Å². The number of rotatable bonds is 3. The number of fused-ring (bicyclic) bond motifs is 9. The van der Waals surface area contributed by atoms with Gasteiger partial charge in [0.1, 0.15) is 11.0 Å². The molecule has 0 radical (unpaired) electrons. The van der Waals surface area contributed by atoms with E-state index in [9.17, 15) is 0 Å². The molecule has 0 saturated carbocycles. The molecule has 8 aromatic carbocycles. The third-order valence-corrected chi connectivity index (χ3v) is 10.2. The smallest absolute Gasteiger partial charge is 0.113 e. The minimum Gasteiger partial charge on any atom is -0.172 e. The number of benzene rings is 8. The Hall–Kier alpha value is -5.38. The molecule has 0 fully saturated rings. The number of aromatic nitrogens is 2. The number of hydrogen-bond acceptors (Lipinski definition) is 3. The lowest BCUT2D eigenvalue weighted by atomic mass is 9.85. The summed E-state index contributed by atoms with van der Waals surface area (Å²) in [5.74, 6) is 0. The van der Waals surface area contributed by atoms with Gasteiger partial charge >= 0.3 is 0 Å². The summed E-state index contributed by atoms with van der Waals surface area (Å²) in [5.41, 5.74) is 10.7. The van der Waals surface area contributed by atoms with Crippen molar-refractivity contribution in [1.82, 2.24) is 8.75 Å². The first-order chi connectivity index (χ1) is 22.9. The van der Waals surface area contributed by atoms with Gasteiger partial charge in [-0.3, -0.25) is 0 Å². The van der Waals surface area contributed by atoms with Crippen LogP contribution in [0, 0.1) is 0 Å². The van der Waals surface area contributed by atoms with Gasteiger partial charge in [-0.05, 0) is 101 Å². The quantitative estimate of drug-likeness (QED) is 0.184. The van der Waals surface area contributed by atoms with Crippen LogP contribution in [0.4, 0.5) is 0 Å². The highest BCUT2D eigenvalue weighted by atomic mass is 32.1. The van der Waals surface area contributed by atoms with Crippen molar-refractivity contribution in [2.24, 2.45) is 0 Å². The van der Waals surface area contributed by atoms with E-state index in [-0.39, 0.29) is 5.41 Å². The fourth-order valence-corrected chi connectivity index (χ4v) is 7.67.